The summed E-state index contributed by atoms with van der Waals surface area (Å²) in [6, 6.07) is 9.56. The number of esters is 2. The molecular weight excluding hydrogens is 344 g/mol. The van der Waals surface area contributed by atoms with Gasteiger partial charge in [-0.1, -0.05) is 57.5 Å². The van der Waals surface area contributed by atoms with Crippen molar-refractivity contribution in [3.8, 4) is 0 Å². The monoisotopic (exact) mass is 376 g/mol. The predicted octanol–water partition coefficient (Wildman–Crippen LogP) is 3.79. The van der Waals surface area contributed by atoms with Crippen molar-refractivity contribution in [2.45, 2.75) is 58.7 Å². The second kappa shape index (κ2) is 10.5. The quantitative estimate of drug-likeness (QED) is 0.646. The van der Waals surface area contributed by atoms with Gasteiger partial charge >= 0.3 is 11.9 Å². The molecule has 1 aromatic rings. The minimum absolute atomic E-state index is 0.0949. The van der Waals surface area contributed by atoms with E-state index in [9.17, 15) is 9.59 Å². The number of hydrogen-bond acceptors (Lipinski definition) is 5. The van der Waals surface area contributed by atoms with Gasteiger partial charge in [0.05, 0.1) is 0 Å². The van der Waals surface area contributed by atoms with E-state index in [2.05, 4.69) is 20.8 Å². The Labute approximate surface area is 162 Å². The van der Waals surface area contributed by atoms with Gasteiger partial charge in [-0.15, -0.1) is 0 Å². The van der Waals surface area contributed by atoms with E-state index in [4.69, 9.17) is 14.2 Å². The van der Waals surface area contributed by atoms with E-state index >= 15 is 0 Å². The van der Waals surface area contributed by atoms with Gasteiger partial charge in [0.2, 0.25) is 0 Å². The first-order valence-corrected chi connectivity index (χ1v) is 9.83. The highest BCUT2D eigenvalue weighted by atomic mass is 16.6. The molecule has 2 rings (SSSR count). The molecule has 4 atom stereocenters. The third kappa shape index (κ3) is 6.65. The molecule has 5 nitrogen and oxygen atoms in total. The van der Waals surface area contributed by atoms with E-state index in [1.165, 1.54) is 13.5 Å². The zero-order valence-corrected chi connectivity index (χ0v) is 16.9. The molecule has 0 aromatic heterocycles. The minimum atomic E-state index is -0.738. The first kappa shape index (κ1) is 21.4. The Morgan fingerprint density at radius 2 is 1.85 bits per heavy atom. The summed E-state index contributed by atoms with van der Waals surface area (Å²) in [6.07, 6.45) is 2.68. The summed E-state index contributed by atoms with van der Waals surface area (Å²) in [6.45, 7) is 6.13. The topological polar surface area (TPSA) is 61.8 Å². The zero-order valence-electron chi connectivity index (χ0n) is 16.9. The third-order valence-electron chi connectivity index (χ3n) is 5.39. The lowest BCUT2D eigenvalue weighted by Crippen LogP contribution is -2.37. The van der Waals surface area contributed by atoms with E-state index in [-0.39, 0.29) is 12.7 Å². The van der Waals surface area contributed by atoms with E-state index in [1.807, 2.05) is 30.3 Å². The van der Waals surface area contributed by atoms with Gasteiger partial charge in [-0.3, -0.25) is 0 Å². The lowest BCUT2D eigenvalue weighted by atomic mass is 9.75. The number of hydrogen-bond donors (Lipinski definition) is 0. The van der Waals surface area contributed by atoms with Crippen molar-refractivity contribution in [2.24, 2.45) is 17.8 Å². The summed E-state index contributed by atoms with van der Waals surface area (Å²) < 4.78 is 16.0. The van der Waals surface area contributed by atoms with Crippen molar-refractivity contribution in [3.63, 3.8) is 0 Å². The first-order chi connectivity index (χ1) is 12.9. The first-order valence-electron chi connectivity index (χ1n) is 9.83. The fourth-order valence-corrected chi connectivity index (χ4v) is 3.77. The number of carbonyl (C=O) groups excluding carboxylic acids is 2. The van der Waals surface area contributed by atoms with Crippen LogP contribution in [0, 0.1) is 17.8 Å². The molecule has 1 saturated carbocycles. The lowest BCUT2D eigenvalue weighted by molar-refractivity contribution is -0.171. The van der Waals surface area contributed by atoms with E-state index in [0.29, 0.717) is 24.2 Å². The highest BCUT2D eigenvalue weighted by Gasteiger charge is 2.33. The number of carbonyl (C=O) groups is 2. The van der Waals surface area contributed by atoms with Crippen LogP contribution in [-0.2, 0) is 30.2 Å². The van der Waals surface area contributed by atoms with Gasteiger partial charge in [0.25, 0.3) is 0 Å². The van der Waals surface area contributed by atoms with Gasteiger partial charge in [-0.05, 0) is 36.2 Å². The molecule has 27 heavy (non-hydrogen) atoms. The Hall–Kier alpha value is -1.88. The van der Waals surface area contributed by atoms with Gasteiger partial charge < -0.3 is 14.2 Å². The molecule has 0 N–H and O–H groups in total. The molecule has 1 aliphatic rings. The molecule has 0 saturated heterocycles. The SMILES string of the molecule is CO[C@H](Cc1ccccc1)C(=O)OCC(=O)O[C@@H]1C[C@H](C)CC[C@H]1C(C)C. The van der Waals surface area contributed by atoms with Gasteiger partial charge in [0, 0.05) is 13.5 Å². The summed E-state index contributed by atoms with van der Waals surface area (Å²) in [5, 5.41) is 0. The summed E-state index contributed by atoms with van der Waals surface area (Å²) in [7, 11) is 1.46. The third-order valence-corrected chi connectivity index (χ3v) is 5.39. The van der Waals surface area contributed by atoms with Crippen LogP contribution in [0.5, 0.6) is 0 Å². The Balaban J connectivity index is 1.83. The van der Waals surface area contributed by atoms with Crippen molar-refractivity contribution in [2.75, 3.05) is 13.7 Å². The molecule has 0 heterocycles. The number of ether oxygens (including phenoxy) is 3. The second-order valence-electron chi connectivity index (χ2n) is 7.88. The number of rotatable bonds is 8. The van der Waals surface area contributed by atoms with Crippen LogP contribution in [-0.4, -0.2) is 37.9 Å². The number of methoxy groups -OCH3 is 1. The number of benzene rings is 1. The van der Waals surface area contributed by atoms with Gasteiger partial charge in [0.1, 0.15) is 6.10 Å². The summed E-state index contributed by atoms with van der Waals surface area (Å²) in [5.74, 6) is 0.342. The van der Waals surface area contributed by atoms with Crippen LogP contribution in [0.1, 0.15) is 45.6 Å². The highest BCUT2D eigenvalue weighted by molar-refractivity contribution is 5.79. The van der Waals surface area contributed by atoms with E-state index in [1.54, 1.807) is 0 Å². The van der Waals surface area contributed by atoms with Crippen LogP contribution in [0.25, 0.3) is 0 Å². The maximum atomic E-state index is 12.2. The van der Waals surface area contributed by atoms with Crippen molar-refractivity contribution >= 4 is 11.9 Å². The summed E-state index contributed by atoms with van der Waals surface area (Å²) in [5.41, 5.74) is 0.972. The van der Waals surface area contributed by atoms with Crippen LogP contribution in [0.3, 0.4) is 0 Å². The van der Waals surface area contributed by atoms with Gasteiger partial charge in [-0.25, -0.2) is 9.59 Å². The molecule has 0 unspecified atom stereocenters. The normalized spacial score (nSPS) is 23.7. The predicted molar refractivity (Wildman–Crippen MR) is 103 cm³/mol. The smallest absolute Gasteiger partial charge is 0.344 e. The highest BCUT2D eigenvalue weighted by Crippen LogP contribution is 2.35. The standard InChI is InChI=1S/C22H32O5/c1-15(2)18-11-10-16(3)12-19(18)27-21(23)14-26-22(24)20(25-4)13-17-8-6-5-7-9-17/h5-9,15-16,18-20H,10-14H2,1-4H3/t16-,18+,19-,20-/m1/s1. The van der Waals surface area contributed by atoms with Crippen molar-refractivity contribution in [1.29, 1.82) is 0 Å². The van der Waals surface area contributed by atoms with Crippen LogP contribution >= 0.6 is 0 Å². The lowest BCUT2D eigenvalue weighted by Gasteiger charge is -2.36. The molecular formula is C22H32O5. The molecule has 5 heteroatoms. The van der Waals surface area contributed by atoms with E-state index in [0.717, 1.165) is 18.4 Å². The Kier molecular flexibility index (Phi) is 8.29. The van der Waals surface area contributed by atoms with Crippen molar-refractivity contribution < 1.29 is 23.8 Å². The van der Waals surface area contributed by atoms with Crippen LogP contribution in [0.4, 0.5) is 0 Å². The van der Waals surface area contributed by atoms with Gasteiger partial charge in [-0.2, -0.15) is 0 Å². The van der Waals surface area contributed by atoms with Crippen molar-refractivity contribution in [3.05, 3.63) is 35.9 Å². The molecule has 0 amide bonds. The fourth-order valence-electron chi connectivity index (χ4n) is 3.77. The maximum absolute atomic E-state index is 12.2. The molecule has 0 aliphatic heterocycles. The average molecular weight is 376 g/mol. The van der Waals surface area contributed by atoms with Gasteiger partial charge in [0.15, 0.2) is 12.7 Å². The molecule has 0 bridgehead atoms. The molecule has 0 radical (unpaired) electrons. The molecule has 1 aromatic carbocycles. The Morgan fingerprint density at radius 1 is 1.15 bits per heavy atom. The Morgan fingerprint density at radius 3 is 2.48 bits per heavy atom. The maximum Gasteiger partial charge on any atom is 0.344 e. The Bertz CT molecular complexity index is 598. The molecule has 0 spiro atoms. The summed E-state index contributed by atoms with van der Waals surface area (Å²) in [4.78, 5) is 24.5. The van der Waals surface area contributed by atoms with Crippen LogP contribution < -0.4 is 0 Å². The molecule has 1 aliphatic carbocycles. The van der Waals surface area contributed by atoms with E-state index < -0.39 is 18.0 Å². The largest absolute Gasteiger partial charge is 0.460 e. The fraction of sp³-hybridized carbons (Fsp3) is 0.636. The zero-order chi connectivity index (χ0) is 19.8. The second-order valence-corrected chi connectivity index (χ2v) is 7.88. The average Bonchev–Trinajstić information content (AvgIpc) is 2.64. The molecule has 1 fully saturated rings. The van der Waals surface area contributed by atoms with Crippen molar-refractivity contribution in [1.82, 2.24) is 0 Å². The van der Waals surface area contributed by atoms with Crippen LogP contribution in [0.2, 0.25) is 0 Å². The minimum Gasteiger partial charge on any atom is -0.460 e. The van der Waals surface area contributed by atoms with Crippen LogP contribution in [0.15, 0.2) is 30.3 Å². The summed E-state index contributed by atoms with van der Waals surface area (Å²) >= 11 is 0. The molecule has 150 valence electrons.